The fourth-order valence-electron chi connectivity index (χ4n) is 4.52. The Morgan fingerprint density at radius 1 is 1.32 bits per heavy atom. The first-order chi connectivity index (χ1) is 13.3. The zero-order valence-corrected chi connectivity index (χ0v) is 19.2. The van der Waals surface area contributed by atoms with E-state index in [1.54, 1.807) is 0 Å². The third-order valence-electron chi connectivity index (χ3n) is 6.51. The molecular weight excluding hydrogens is 364 g/mol. The van der Waals surface area contributed by atoms with Gasteiger partial charge in [-0.2, -0.15) is 0 Å². The highest BCUT2D eigenvalue weighted by Gasteiger charge is 2.38. The minimum absolute atomic E-state index is 0.0944. The van der Waals surface area contributed by atoms with Crippen molar-refractivity contribution in [2.24, 2.45) is 28.9 Å². The predicted octanol–water partition coefficient (Wildman–Crippen LogP) is 4.97. The Morgan fingerprint density at radius 3 is 2.64 bits per heavy atom. The van der Waals surface area contributed by atoms with Gasteiger partial charge >= 0.3 is 0 Å². The second kappa shape index (κ2) is 10.7. The topological polar surface area (TPSA) is 46.3 Å². The Balaban J connectivity index is 1.90. The molecule has 0 aromatic rings. The summed E-state index contributed by atoms with van der Waals surface area (Å²) in [4.78, 5) is 16.2. The molecule has 2 fully saturated rings. The Bertz CT molecular complexity index is 592. The molecule has 2 N–H and O–H groups in total. The van der Waals surface area contributed by atoms with Crippen LogP contribution in [0, 0.1) is 35.0 Å². The Morgan fingerprint density at radius 2 is 2.04 bits per heavy atom. The Labute approximate surface area is 178 Å². The number of rotatable bonds is 8. The summed E-state index contributed by atoms with van der Waals surface area (Å²) in [6.07, 6.45) is 10.2. The number of likely N-dealkylation sites (tertiary alicyclic amines) is 1. The van der Waals surface area contributed by atoms with Gasteiger partial charge in [-0.05, 0) is 43.4 Å². The molecule has 0 spiro atoms. The molecule has 158 valence electrons. The van der Waals surface area contributed by atoms with Crippen LogP contribution in [0.3, 0.4) is 0 Å². The summed E-state index contributed by atoms with van der Waals surface area (Å²) < 4.78 is 0. The van der Waals surface area contributed by atoms with Crippen LogP contribution < -0.4 is 5.73 Å². The number of carbonyl (C=O) groups excluding carboxylic acids is 1. The first-order valence-corrected chi connectivity index (χ1v) is 11.7. The van der Waals surface area contributed by atoms with Gasteiger partial charge in [-0.3, -0.25) is 4.79 Å². The lowest BCUT2D eigenvalue weighted by Gasteiger charge is -2.35. The molecule has 3 nitrogen and oxygen atoms in total. The van der Waals surface area contributed by atoms with Gasteiger partial charge in [0.05, 0.1) is 0 Å². The largest absolute Gasteiger partial charge is 0.338 e. The smallest absolute Gasteiger partial charge is 0.226 e. The monoisotopic (exact) mass is 404 g/mol. The first-order valence-electron chi connectivity index (χ1n) is 11.3. The highest BCUT2D eigenvalue weighted by Crippen LogP contribution is 2.37. The van der Waals surface area contributed by atoms with Crippen molar-refractivity contribution in [3.8, 4) is 11.8 Å². The van der Waals surface area contributed by atoms with Crippen LogP contribution in [-0.2, 0) is 4.79 Å². The molecule has 1 aliphatic heterocycles. The molecule has 1 heterocycles. The van der Waals surface area contributed by atoms with Crippen LogP contribution in [0.4, 0.5) is 0 Å². The summed E-state index contributed by atoms with van der Waals surface area (Å²) in [5.74, 6) is 8.57. The third kappa shape index (κ3) is 6.56. The minimum Gasteiger partial charge on any atom is -0.338 e. The molecule has 1 aliphatic carbocycles. The van der Waals surface area contributed by atoms with Crippen molar-refractivity contribution < 1.29 is 4.79 Å². The van der Waals surface area contributed by atoms with Gasteiger partial charge in [0.25, 0.3) is 0 Å². The lowest BCUT2D eigenvalue weighted by molar-refractivity contribution is -0.139. The van der Waals surface area contributed by atoms with Crippen molar-refractivity contribution in [1.82, 2.24) is 4.90 Å². The molecule has 1 saturated heterocycles. The van der Waals surface area contributed by atoms with Gasteiger partial charge in [0.1, 0.15) is 0 Å². The number of unbranched alkanes of at least 4 members (excludes halogenated alkanes) is 1. The van der Waals surface area contributed by atoms with Crippen molar-refractivity contribution in [3.63, 3.8) is 0 Å². The molecule has 0 aromatic heterocycles. The Hall–Kier alpha value is -0.920. The number of hydrogen-bond acceptors (Lipinski definition) is 3. The van der Waals surface area contributed by atoms with Gasteiger partial charge in [-0.1, -0.05) is 65.1 Å². The van der Waals surface area contributed by atoms with Gasteiger partial charge in [0, 0.05) is 42.3 Å². The second-order valence-corrected chi connectivity index (χ2v) is 10.5. The molecule has 0 unspecified atom stereocenters. The maximum Gasteiger partial charge on any atom is 0.226 e. The number of nitrogens with two attached hydrogens (primary N) is 1. The summed E-state index contributed by atoms with van der Waals surface area (Å²) in [5.41, 5.74) is 5.59. The van der Waals surface area contributed by atoms with Crippen LogP contribution in [-0.4, -0.2) is 34.8 Å². The lowest BCUT2D eigenvalue weighted by atomic mass is 9.73. The van der Waals surface area contributed by atoms with E-state index >= 15 is 0 Å². The summed E-state index contributed by atoms with van der Waals surface area (Å²) in [5, 5.41) is 0. The predicted molar refractivity (Wildman–Crippen MR) is 122 cm³/mol. The van der Waals surface area contributed by atoms with Crippen LogP contribution in [0.5, 0.6) is 0 Å². The molecular formula is C24H40N2OS. The molecule has 4 heteroatoms. The zero-order chi connectivity index (χ0) is 20.7. The number of hydrogen-bond donors (Lipinski definition) is 1. The molecule has 2 atom stereocenters. The van der Waals surface area contributed by atoms with E-state index in [1.165, 1.54) is 32.1 Å². The van der Waals surface area contributed by atoms with Crippen molar-refractivity contribution in [2.45, 2.75) is 91.5 Å². The average Bonchev–Trinajstić information content (AvgIpc) is 3.07. The van der Waals surface area contributed by atoms with Crippen LogP contribution in [0.2, 0.25) is 0 Å². The standard InChI is InChI=1S/C24H40N2OS/c1-5-6-9-18-14-19(15-18)10-7-11-20-12-8-13-26(20)23(27)22(24(2,3)4)16-21(28)17-25/h18-20,22H,5-6,8-9,11-17,25H2,1-4H3/t18?,19?,20-,22+/m0/s1. The molecule has 0 bridgehead atoms. The van der Waals surface area contributed by atoms with Gasteiger partial charge < -0.3 is 10.6 Å². The quantitative estimate of drug-likeness (QED) is 0.459. The minimum atomic E-state index is -0.117. The number of carbonyl (C=O) groups is 1. The molecule has 2 rings (SSSR count). The maximum absolute atomic E-state index is 13.3. The first kappa shape index (κ1) is 23.4. The average molecular weight is 405 g/mol. The summed E-state index contributed by atoms with van der Waals surface area (Å²) in [7, 11) is 0. The van der Waals surface area contributed by atoms with Crippen molar-refractivity contribution in [3.05, 3.63) is 0 Å². The summed E-state index contributed by atoms with van der Waals surface area (Å²) >= 11 is 5.36. The van der Waals surface area contributed by atoms with E-state index in [0.717, 1.165) is 36.6 Å². The third-order valence-corrected chi connectivity index (χ3v) is 6.84. The maximum atomic E-state index is 13.3. The van der Waals surface area contributed by atoms with Gasteiger partial charge in [-0.15, -0.1) is 5.92 Å². The summed E-state index contributed by atoms with van der Waals surface area (Å²) in [6.45, 7) is 9.89. The van der Waals surface area contributed by atoms with Gasteiger partial charge in [0.15, 0.2) is 0 Å². The number of amides is 1. The lowest BCUT2D eigenvalue weighted by Crippen LogP contribution is -2.44. The van der Waals surface area contributed by atoms with Crippen molar-refractivity contribution >= 4 is 23.0 Å². The molecule has 0 aromatic carbocycles. The van der Waals surface area contributed by atoms with Crippen LogP contribution >= 0.6 is 12.2 Å². The van der Waals surface area contributed by atoms with E-state index in [-0.39, 0.29) is 23.3 Å². The van der Waals surface area contributed by atoms with Gasteiger partial charge in [-0.25, -0.2) is 0 Å². The van der Waals surface area contributed by atoms with Crippen LogP contribution in [0.25, 0.3) is 0 Å². The fourth-order valence-corrected chi connectivity index (χ4v) is 4.68. The van der Waals surface area contributed by atoms with Crippen LogP contribution in [0.1, 0.15) is 85.5 Å². The number of nitrogens with zero attached hydrogens (tertiary/aromatic N) is 1. The van der Waals surface area contributed by atoms with E-state index in [2.05, 4.69) is 44.4 Å². The molecule has 1 amide bonds. The highest BCUT2D eigenvalue weighted by molar-refractivity contribution is 7.80. The molecule has 1 saturated carbocycles. The van der Waals surface area contributed by atoms with Crippen LogP contribution in [0.15, 0.2) is 0 Å². The van der Waals surface area contributed by atoms with E-state index in [9.17, 15) is 4.79 Å². The van der Waals surface area contributed by atoms with E-state index in [1.807, 2.05) is 0 Å². The number of thiocarbonyl (C=S) groups is 1. The molecule has 2 aliphatic rings. The fraction of sp³-hybridized carbons (Fsp3) is 0.833. The highest BCUT2D eigenvalue weighted by atomic mass is 32.1. The Kier molecular flexibility index (Phi) is 8.96. The summed E-state index contributed by atoms with van der Waals surface area (Å²) in [6, 6.07) is 0.271. The normalized spacial score (nSPS) is 25.6. The van der Waals surface area contributed by atoms with Gasteiger partial charge in [0.2, 0.25) is 5.91 Å². The molecule has 0 radical (unpaired) electrons. The van der Waals surface area contributed by atoms with E-state index < -0.39 is 0 Å². The van der Waals surface area contributed by atoms with E-state index in [0.29, 0.717) is 18.9 Å². The second-order valence-electron chi connectivity index (χ2n) is 9.90. The van der Waals surface area contributed by atoms with Crippen molar-refractivity contribution in [2.75, 3.05) is 13.1 Å². The van der Waals surface area contributed by atoms with Crippen molar-refractivity contribution in [1.29, 1.82) is 0 Å². The SMILES string of the molecule is CCCCC1CC(C#CC[C@H]2CCCN2C(=O)[C@@H](CC(=S)CN)C(C)(C)C)C1. The zero-order valence-electron chi connectivity index (χ0n) is 18.4. The molecule has 28 heavy (non-hydrogen) atoms. The van der Waals surface area contributed by atoms with E-state index in [4.69, 9.17) is 18.0 Å².